The van der Waals surface area contributed by atoms with Crippen LogP contribution in [0.4, 0.5) is 0 Å². The number of aliphatic hydroxyl groups is 2. The Bertz CT molecular complexity index is 620. The van der Waals surface area contributed by atoms with E-state index in [0.29, 0.717) is 32.6 Å². The van der Waals surface area contributed by atoms with Gasteiger partial charge in [0.05, 0.1) is 29.3 Å². The first-order chi connectivity index (χ1) is 8.21. The summed E-state index contributed by atoms with van der Waals surface area (Å²) in [7, 11) is 0. The Morgan fingerprint density at radius 2 is 1.88 bits per heavy atom. The highest BCUT2D eigenvalue weighted by Crippen LogP contribution is 2.28. The van der Waals surface area contributed by atoms with Gasteiger partial charge in [0.25, 0.3) is 0 Å². The van der Waals surface area contributed by atoms with Gasteiger partial charge < -0.3 is 10.2 Å². The molecule has 4 nitrogen and oxygen atoms in total. The number of hydrogen-bond acceptors (Lipinski definition) is 4. The Morgan fingerprint density at radius 1 is 1.24 bits per heavy atom. The summed E-state index contributed by atoms with van der Waals surface area (Å²) in [6, 6.07) is 5.26. The monoisotopic (exact) mass is 248 g/mol. The molecule has 0 saturated heterocycles. The van der Waals surface area contributed by atoms with E-state index in [1.807, 2.05) is 6.07 Å². The van der Waals surface area contributed by atoms with E-state index in [9.17, 15) is 5.11 Å². The smallest absolute Gasteiger partial charge is 0.102 e. The molecule has 0 unspecified atom stereocenters. The van der Waals surface area contributed by atoms with Crippen molar-refractivity contribution in [3.63, 3.8) is 0 Å². The summed E-state index contributed by atoms with van der Waals surface area (Å²) in [5.74, 6) is 0. The molecule has 0 radical (unpaired) electrons. The zero-order valence-corrected chi connectivity index (χ0v) is 9.57. The quantitative estimate of drug-likeness (QED) is 0.849. The van der Waals surface area contributed by atoms with Gasteiger partial charge in [-0.3, -0.25) is 4.98 Å². The van der Waals surface area contributed by atoms with E-state index in [2.05, 4.69) is 4.98 Å². The molecule has 0 aliphatic rings. The fraction of sp³-hybridized carbons (Fsp3) is 0.167. The number of nitrogens with zero attached hydrogens (tertiary/aromatic N) is 2. The van der Waals surface area contributed by atoms with Crippen LogP contribution in [0.25, 0.3) is 10.9 Å². The lowest BCUT2D eigenvalue weighted by atomic mass is 10.0. The van der Waals surface area contributed by atoms with Crippen molar-refractivity contribution >= 4 is 22.5 Å². The topological polar surface area (TPSA) is 77.1 Å². The lowest BCUT2D eigenvalue weighted by molar-refractivity contribution is 0.260. The first kappa shape index (κ1) is 11.8. The molecule has 0 spiro atoms. The van der Waals surface area contributed by atoms with Crippen molar-refractivity contribution in [2.75, 3.05) is 0 Å². The first-order valence-electron chi connectivity index (χ1n) is 4.93. The number of rotatable bonds is 2. The number of fused-ring (bicyclic) bond motifs is 1. The number of benzene rings is 1. The Balaban J connectivity index is 2.80. The van der Waals surface area contributed by atoms with Gasteiger partial charge in [0.2, 0.25) is 0 Å². The Labute approximate surface area is 103 Å². The van der Waals surface area contributed by atoms with Gasteiger partial charge in [-0.25, -0.2) is 0 Å². The third-order valence-corrected chi connectivity index (χ3v) is 2.99. The van der Waals surface area contributed by atoms with E-state index < -0.39 is 0 Å². The lowest BCUT2D eigenvalue weighted by Crippen LogP contribution is -1.96. The third-order valence-electron chi connectivity index (χ3n) is 2.58. The fourth-order valence-corrected chi connectivity index (χ4v) is 1.91. The second kappa shape index (κ2) is 4.68. The van der Waals surface area contributed by atoms with Crippen molar-refractivity contribution in [2.24, 2.45) is 0 Å². The lowest BCUT2D eigenvalue weighted by Gasteiger charge is -2.08. The standard InChI is InChI=1S/C12H9ClN2O2/c13-12-9(3-14)4-15-11-2-8(6-17)7(5-16)1-10(11)12/h1-2,4,16-17H,5-6H2. The van der Waals surface area contributed by atoms with Crippen molar-refractivity contribution in [3.8, 4) is 6.07 Å². The summed E-state index contributed by atoms with van der Waals surface area (Å²) in [6.07, 6.45) is 1.39. The minimum absolute atomic E-state index is 0.175. The molecule has 0 saturated carbocycles. The zero-order valence-electron chi connectivity index (χ0n) is 8.81. The maximum Gasteiger partial charge on any atom is 0.102 e. The van der Waals surface area contributed by atoms with Gasteiger partial charge in [0.15, 0.2) is 0 Å². The Kier molecular flexibility index (Phi) is 3.25. The minimum Gasteiger partial charge on any atom is -0.392 e. The predicted octanol–water partition coefficient (Wildman–Crippen LogP) is 1.74. The molecule has 2 rings (SSSR count). The van der Waals surface area contributed by atoms with Gasteiger partial charge in [0.1, 0.15) is 6.07 Å². The largest absolute Gasteiger partial charge is 0.392 e. The SMILES string of the molecule is N#Cc1cnc2cc(CO)c(CO)cc2c1Cl. The summed E-state index contributed by atoms with van der Waals surface area (Å²) in [5, 5.41) is 28.1. The number of pyridine rings is 1. The maximum atomic E-state index is 9.19. The van der Waals surface area contributed by atoms with E-state index in [-0.39, 0.29) is 13.2 Å². The first-order valence-corrected chi connectivity index (χ1v) is 5.31. The summed E-state index contributed by atoms with van der Waals surface area (Å²) in [6.45, 7) is -0.371. The molecule has 2 N–H and O–H groups in total. The number of halogens is 1. The molecule has 0 amide bonds. The van der Waals surface area contributed by atoms with Gasteiger partial charge in [-0.15, -0.1) is 0 Å². The molecule has 86 valence electrons. The van der Waals surface area contributed by atoms with Crippen LogP contribution in [-0.4, -0.2) is 15.2 Å². The minimum atomic E-state index is -0.195. The van der Waals surface area contributed by atoms with Gasteiger partial charge in [-0.1, -0.05) is 11.6 Å². The predicted molar refractivity (Wildman–Crippen MR) is 63.3 cm³/mol. The number of aromatic nitrogens is 1. The molecule has 1 heterocycles. The molecule has 1 aromatic heterocycles. The molecular formula is C12H9ClN2O2. The molecule has 1 aromatic carbocycles. The maximum absolute atomic E-state index is 9.19. The number of aliphatic hydroxyl groups excluding tert-OH is 2. The zero-order chi connectivity index (χ0) is 12.4. The van der Waals surface area contributed by atoms with Crippen LogP contribution in [0.1, 0.15) is 16.7 Å². The number of hydrogen-bond donors (Lipinski definition) is 2. The second-order valence-electron chi connectivity index (χ2n) is 3.55. The van der Waals surface area contributed by atoms with Crippen molar-refractivity contribution in [1.29, 1.82) is 5.26 Å². The van der Waals surface area contributed by atoms with E-state index >= 15 is 0 Å². The molecular weight excluding hydrogens is 240 g/mol. The van der Waals surface area contributed by atoms with Crippen LogP contribution in [0, 0.1) is 11.3 Å². The van der Waals surface area contributed by atoms with Gasteiger partial charge in [-0.05, 0) is 23.3 Å². The van der Waals surface area contributed by atoms with Gasteiger partial charge >= 0.3 is 0 Å². The summed E-state index contributed by atoms with van der Waals surface area (Å²) in [4.78, 5) is 4.10. The van der Waals surface area contributed by atoms with Gasteiger partial charge in [0, 0.05) is 11.6 Å². The van der Waals surface area contributed by atoms with Crippen LogP contribution in [0.15, 0.2) is 18.3 Å². The van der Waals surface area contributed by atoms with Crippen LogP contribution in [-0.2, 0) is 13.2 Å². The molecule has 0 fully saturated rings. The van der Waals surface area contributed by atoms with Gasteiger partial charge in [-0.2, -0.15) is 5.26 Å². The molecule has 0 atom stereocenters. The molecule has 0 aliphatic carbocycles. The summed E-state index contributed by atoms with van der Waals surface area (Å²) < 4.78 is 0. The average molecular weight is 249 g/mol. The molecule has 5 heteroatoms. The Morgan fingerprint density at radius 3 is 2.47 bits per heavy atom. The van der Waals surface area contributed by atoms with Crippen LogP contribution in [0.3, 0.4) is 0 Å². The number of nitriles is 1. The van der Waals surface area contributed by atoms with Crippen LogP contribution in [0.2, 0.25) is 5.02 Å². The molecule has 0 aliphatic heterocycles. The molecule has 0 bridgehead atoms. The van der Waals surface area contributed by atoms with Crippen molar-refractivity contribution in [1.82, 2.24) is 4.98 Å². The highest BCUT2D eigenvalue weighted by molar-refractivity contribution is 6.36. The summed E-state index contributed by atoms with van der Waals surface area (Å²) >= 11 is 6.06. The fourth-order valence-electron chi connectivity index (χ4n) is 1.67. The summed E-state index contributed by atoms with van der Waals surface area (Å²) in [5.41, 5.74) is 2.07. The van der Waals surface area contributed by atoms with Crippen LogP contribution < -0.4 is 0 Å². The van der Waals surface area contributed by atoms with E-state index in [4.69, 9.17) is 22.0 Å². The van der Waals surface area contributed by atoms with E-state index in [1.165, 1.54) is 6.20 Å². The highest BCUT2D eigenvalue weighted by Gasteiger charge is 2.10. The second-order valence-corrected chi connectivity index (χ2v) is 3.93. The van der Waals surface area contributed by atoms with Crippen molar-refractivity contribution in [3.05, 3.63) is 40.0 Å². The Hall–Kier alpha value is -1.67. The van der Waals surface area contributed by atoms with Crippen molar-refractivity contribution < 1.29 is 10.2 Å². The van der Waals surface area contributed by atoms with E-state index in [1.54, 1.807) is 12.1 Å². The van der Waals surface area contributed by atoms with E-state index in [0.717, 1.165) is 0 Å². The van der Waals surface area contributed by atoms with Crippen LogP contribution >= 0.6 is 11.6 Å². The van der Waals surface area contributed by atoms with Crippen LogP contribution in [0.5, 0.6) is 0 Å². The third kappa shape index (κ3) is 1.96. The molecule has 2 aromatic rings. The average Bonchev–Trinajstić information content (AvgIpc) is 2.38. The normalized spacial score (nSPS) is 10.5. The van der Waals surface area contributed by atoms with Crippen molar-refractivity contribution in [2.45, 2.75) is 13.2 Å². The highest BCUT2D eigenvalue weighted by atomic mass is 35.5. The molecule has 17 heavy (non-hydrogen) atoms.